The van der Waals surface area contributed by atoms with E-state index in [0.29, 0.717) is 5.57 Å². The summed E-state index contributed by atoms with van der Waals surface area (Å²) in [6, 6.07) is 9.83. The van der Waals surface area contributed by atoms with Crippen LogP contribution >= 0.6 is 0 Å². The second kappa shape index (κ2) is 6.88. The first-order chi connectivity index (χ1) is 9.33. The van der Waals surface area contributed by atoms with Crippen molar-refractivity contribution in [2.24, 2.45) is 5.10 Å². The Morgan fingerprint density at radius 3 is 2.68 bits per heavy atom. The Balaban J connectivity index is 2.03. The van der Waals surface area contributed by atoms with E-state index >= 15 is 0 Å². The Hall–Kier alpha value is -1.90. The fraction of sp³-hybridized carbons (Fsp3) is 0.375. The molecule has 1 aliphatic rings. The number of hydrogen-bond acceptors (Lipinski definition) is 2. The molecule has 0 saturated carbocycles. The van der Waals surface area contributed by atoms with Gasteiger partial charge >= 0.3 is 0 Å². The van der Waals surface area contributed by atoms with Crippen LogP contribution in [0.15, 0.2) is 47.1 Å². The predicted octanol–water partition coefficient (Wildman–Crippen LogP) is 3.42. The molecule has 19 heavy (non-hydrogen) atoms. The molecular formula is C16H20N2O. The van der Waals surface area contributed by atoms with Crippen LogP contribution in [0.1, 0.15) is 44.6 Å². The van der Waals surface area contributed by atoms with Crippen LogP contribution < -0.4 is 5.43 Å². The molecule has 0 aliphatic carbocycles. The van der Waals surface area contributed by atoms with Gasteiger partial charge in [-0.2, -0.15) is 5.10 Å². The lowest BCUT2D eigenvalue weighted by Gasteiger charge is -2.01. The van der Waals surface area contributed by atoms with Gasteiger partial charge in [0, 0.05) is 5.56 Å². The number of allylic oxidation sites excluding steroid dienone is 1. The van der Waals surface area contributed by atoms with E-state index in [2.05, 4.69) is 17.5 Å². The fourth-order valence-corrected chi connectivity index (χ4v) is 2.16. The van der Waals surface area contributed by atoms with Crippen LogP contribution in [0.25, 0.3) is 0 Å². The summed E-state index contributed by atoms with van der Waals surface area (Å²) in [6.45, 7) is 2.20. The summed E-state index contributed by atoms with van der Waals surface area (Å²) in [6.07, 6.45) is 7.80. The molecule has 1 heterocycles. The molecule has 0 aromatic heterocycles. The molecule has 0 radical (unpaired) electrons. The number of rotatable bonds is 6. The van der Waals surface area contributed by atoms with Crippen molar-refractivity contribution in [3.63, 3.8) is 0 Å². The molecule has 1 amide bonds. The quantitative estimate of drug-likeness (QED) is 0.615. The summed E-state index contributed by atoms with van der Waals surface area (Å²) < 4.78 is 0. The summed E-state index contributed by atoms with van der Waals surface area (Å²) in [5.74, 6) is -0.0886. The van der Waals surface area contributed by atoms with Gasteiger partial charge in [-0.3, -0.25) is 4.79 Å². The van der Waals surface area contributed by atoms with Crippen molar-refractivity contribution in [1.82, 2.24) is 5.43 Å². The number of hydrazone groups is 1. The van der Waals surface area contributed by atoms with Crippen molar-refractivity contribution in [3.05, 3.63) is 47.5 Å². The first kappa shape index (κ1) is 13.5. The standard InChI is InChI=1S/C16H20N2O/c1-2-3-4-5-9-12-14-15(17-18-16(14)19)13-10-7-6-8-11-13/h6-8,10-12H,2-5,9H2,1H3,(H,18,19)/b14-12+. The summed E-state index contributed by atoms with van der Waals surface area (Å²) in [7, 11) is 0. The number of amides is 1. The van der Waals surface area contributed by atoms with Crippen molar-refractivity contribution in [1.29, 1.82) is 0 Å². The SMILES string of the molecule is CCCCCC/C=C1/C(=O)NN=C1c1ccccc1. The zero-order valence-corrected chi connectivity index (χ0v) is 11.4. The minimum atomic E-state index is -0.0886. The molecule has 1 aromatic carbocycles. The summed E-state index contributed by atoms with van der Waals surface area (Å²) in [5.41, 5.74) is 5.01. The Bertz CT molecular complexity index is 489. The fourth-order valence-electron chi connectivity index (χ4n) is 2.16. The van der Waals surface area contributed by atoms with E-state index in [0.717, 1.165) is 24.1 Å². The van der Waals surface area contributed by atoms with Crippen LogP contribution in [0.4, 0.5) is 0 Å². The van der Waals surface area contributed by atoms with E-state index in [1.54, 1.807) is 0 Å². The lowest BCUT2D eigenvalue weighted by Crippen LogP contribution is -2.13. The van der Waals surface area contributed by atoms with E-state index in [9.17, 15) is 4.79 Å². The van der Waals surface area contributed by atoms with Crippen molar-refractivity contribution in [2.45, 2.75) is 39.0 Å². The molecule has 0 unspecified atom stereocenters. The van der Waals surface area contributed by atoms with Gasteiger partial charge < -0.3 is 0 Å². The van der Waals surface area contributed by atoms with Crippen LogP contribution in [0.5, 0.6) is 0 Å². The highest BCUT2D eigenvalue weighted by Crippen LogP contribution is 2.16. The summed E-state index contributed by atoms with van der Waals surface area (Å²) in [4.78, 5) is 11.8. The number of nitrogens with one attached hydrogen (secondary N) is 1. The molecular weight excluding hydrogens is 236 g/mol. The minimum absolute atomic E-state index is 0.0886. The van der Waals surface area contributed by atoms with Crippen molar-refractivity contribution in [2.75, 3.05) is 0 Å². The van der Waals surface area contributed by atoms with Gasteiger partial charge in [0.15, 0.2) is 0 Å². The smallest absolute Gasteiger partial charge is 0.267 e. The molecule has 0 bridgehead atoms. The third-order valence-electron chi connectivity index (χ3n) is 3.22. The van der Waals surface area contributed by atoms with Gasteiger partial charge in [0.1, 0.15) is 5.71 Å². The van der Waals surface area contributed by atoms with E-state index in [1.165, 1.54) is 19.3 Å². The zero-order chi connectivity index (χ0) is 13.5. The van der Waals surface area contributed by atoms with Crippen LogP contribution in [-0.2, 0) is 4.79 Å². The lowest BCUT2D eigenvalue weighted by atomic mass is 10.0. The Labute approximate surface area is 114 Å². The lowest BCUT2D eigenvalue weighted by molar-refractivity contribution is -0.116. The molecule has 3 heteroatoms. The van der Waals surface area contributed by atoms with Crippen molar-refractivity contribution >= 4 is 11.6 Å². The first-order valence-corrected chi connectivity index (χ1v) is 6.97. The third-order valence-corrected chi connectivity index (χ3v) is 3.22. The van der Waals surface area contributed by atoms with Crippen LogP contribution in [0, 0.1) is 0 Å². The maximum Gasteiger partial charge on any atom is 0.273 e. The number of benzene rings is 1. The summed E-state index contributed by atoms with van der Waals surface area (Å²) >= 11 is 0. The number of nitrogens with zero attached hydrogens (tertiary/aromatic N) is 1. The minimum Gasteiger partial charge on any atom is -0.267 e. The molecule has 1 aliphatic heterocycles. The van der Waals surface area contributed by atoms with E-state index in [4.69, 9.17) is 0 Å². The van der Waals surface area contributed by atoms with Gasteiger partial charge in [-0.25, -0.2) is 5.43 Å². The highest BCUT2D eigenvalue weighted by Gasteiger charge is 2.22. The summed E-state index contributed by atoms with van der Waals surface area (Å²) in [5, 5.41) is 4.13. The van der Waals surface area contributed by atoms with Crippen LogP contribution in [0.2, 0.25) is 0 Å². The van der Waals surface area contributed by atoms with Crippen molar-refractivity contribution in [3.8, 4) is 0 Å². The monoisotopic (exact) mass is 256 g/mol. The average Bonchev–Trinajstić information content (AvgIpc) is 2.81. The number of hydrogen-bond donors (Lipinski definition) is 1. The highest BCUT2D eigenvalue weighted by molar-refractivity contribution is 6.30. The molecule has 1 aromatic rings. The predicted molar refractivity (Wildman–Crippen MR) is 78.0 cm³/mol. The first-order valence-electron chi connectivity index (χ1n) is 6.97. The molecule has 0 saturated heterocycles. The van der Waals surface area contributed by atoms with E-state index in [-0.39, 0.29) is 5.91 Å². The molecule has 2 rings (SSSR count). The molecule has 0 fully saturated rings. The van der Waals surface area contributed by atoms with Gasteiger partial charge in [-0.15, -0.1) is 0 Å². The van der Waals surface area contributed by atoms with Gasteiger partial charge in [-0.1, -0.05) is 62.6 Å². The van der Waals surface area contributed by atoms with Gasteiger partial charge in [0.05, 0.1) is 5.57 Å². The normalized spacial score (nSPS) is 16.6. The zero-order valence-electron chi connectivity index (χ0n) is 11.4. The second-order valence-corrected chi connectivity index (χ2v) is 4.73. The second-order valence-electron chi connectivity index (χ2n) is 4.73. The third kappa shape index (κ3) is 3.53. The largest absolute Gasteiger partial charge is 0.273 e. The molecule has 100 valence electrons. The highest BCUT2D eigenvalue weighted by atomic mass is 16.2. The average molecular weight is 256 g/mol. The van der Waals surface area contributed by atoms with Crippen LogP contribution in [-0.4, -0.2) is 11.6 Å². The topological polar surface area (TPSA) is 41.5 Å². The molecule has 0 spiro atoms. The van der Waals surface area contributed by atoms with E-state index in [1.807, 2.05) is 36.4 Å². The molecule has 0 atom stereocenters. The molecule has 1 N–H and O–H groups in total. The number of unbranched alkanes of at least 4 members (excludes halogenated alkanes) is 4. The van der Waals surface area contributed by atoms with E-state index < -0.39 is 0 Å². The molecule has 3 nitrogen and oxygen atoms in total. The van der Waals surface area contributed by atoms with Crippen LogP contribution in [0.3, 0.4) is 0 Å². The van der Waals surface area contributed by atoms with Gasteiger partial charge in [0.2, 0.25) is 0 Å². The maximum atomic E-state index is 11.8. The maximum absolute atomic E-state index is 11.8. The van der Waals surface area contributed by atoms with Crippen molar-refractivity contribution < 1.29 is 4.79 Å². The Morgan fingerprint density at radius 2 is 1.95 bits per heavy atom. The van der Waals surface area contributed by atoms with Gasteiger partial charge in [0.25, 0.3) is 5.91 Å². The Morgan fingerprint density at radius 1 is 1.16 bits per heavy atom. The number of carbonyl (C=O) groups excluding carboxylic acids is 1. The van der Waals surface area contributed by atoms with Gasteiger partial charge in [-0.05, 0) is 12.8 Å². The Kier molecular flexibility index (Phi) is 4.90. The number of carbonyl (C=O) groups is 1.